The van der Waals surface area contributed by atoms with E-state index in [1.807, 2.05) is 41.3 Å². The van der Waals surface area contributed by atoms with Gasteiger partial charge in [-0.3, -0.25) is 4.90 Å². The summed E-state index contributed by atoms with van der Waals surface area (Å²) in [5.41, 5.74) is 4.22. The van der Waals surface area contributed by atoms with Crippen LogP contribution in [0.4, 0.5) is 19.3 Å². The molecular formula is C32H39F2N3O. The van der Waals surface area contributed by atoms with Crippen molar-refractivity contribution in [3.05, 3.63) is 101 Å². The molecule has 4 rings (SSSR count). The molecule has 0 radical (unpaired) electrons. The number of anilines is 1. The molecule has 1 fully saturated rings. The molecule has 0 atom stereocenters. The van der Waals surface area contributed by atoms with Gasteiger partial charge in [-0.15, -0.1) is 0 Å². The fourth-order valence-corrected chi connectivity index (χ4v) is 5.35. The van der Waals surface area contributed by atoms with Crippen LogP contribution in [0.25, 0.3) is 0 Å². The van der Waals surface area contributed by atoms with Gasteiger partial charge in [0.2, 0.25) is 0 Å². The molecule has 1 saturated heterocycles. The standard InChI is InChI=1S/C32H39F2N3O/c1-3-20-35-32(38)37(29-16-6-24(2)7-17-29)30-18-22-36(23-19-30)21-4-5-31(25-8-12-27(33)13-9-25)26-10-14-28(34)15-11-26/h6-17,30-31H,3-5,18-23H2,1-2H3,(H,35,38). The Balaban J connectivity index is 1.36. The molecule has 0 spiro atoms. The molecule has 0 aliphatic carbocycles. The van der Waals surface area contributed by atoms with E-state index in [0.717, 1.165) is 68.6 Å². The summed E-state index contributed by atoms with van der Waals surface area (Å²) >= 11 is 0. The first-order chi connectivity index (χ1) is 18.4. The van der Waals surface area contributed by atoms with Crippen molar-refractivity contribution >= 4 is 11.7 Å². The molecule has 3 aromatic rings. The molecule has 4 nitrogen and oxygen atoms in total. The van der Waals surface area contributed by atoms with Crippen molar-refractivity contribution in [1.82, 2.24) is 10.2 Å². The molecule has 1 aliphatic rings. The van der Waals surface area contributed by atoms with E-state index in [2.05, 4.69) is 36.2 Å². The molecule has 0 saturated carbocycles. The van der Waals surface area contributed by atoms with Crippen molar-refractivity contribution in [2.75, 3.05) is 31.1 Å². The fraction of sp³-hybridized carbons (Fsp3) is 0.406. The number of nitrogens with zero attached hydrogens (tertiary/aromatic N) is 2. The predicted octanol–water partition coefficient (Wildman–Crippen LogP) is 7.28. The Kier molecular flexibility index (Phi) is 9.88. The minimum atomic E-state index is -0.252. The Morgan fingerprint density at radius 2 is 1.47 bits per heavy atom. The van der Waals surface area contributed by atoms with Crippen molar-refractivity contribution in [3.8, 4) is 0 Å². The number of carbonyl (C=O) groups excluding carboxylic acids is 1. The third-order valence-electron chi connectivity index (χ3n) is 7.49. The van der Waals surface area contributed by atoms with Crippen LogP contribution in [0.1, 0.15) is 61.6 Å². The molecule has 1 heterocycles. The first-order valence-corrected chi connectivity index (χ1v) is 13.8. The number of benzene rings is 3. The number of aryl methyl sites for hydroxylation is 1. The smallest absolute Gasteiger partial charge is 0.322 e. The van der Waals surface area contributed by atoms with Gasteiger partial charge < -0.3 is 10.2 Å². The van der Waals surface area contributed by atoms with Crippen LogP contribution in [0.2, 0.25) is 0 Å². The maximum Gasteiger partial charge on any atom is 0.322 e. The third kappa shape index (κ3) is 7.41. The first kappa shape index (κ1) is 27.8. The molecule has 0 aromatic heterocycles. The fourth-order valence-electron chi connectivity index (χ4n) is 5.35. The zero-order valence-corrected chi connectivity index (χ0v) is 22.5. The van der Waals surface area contributed by atoms with Crippen LogP contribution in [0, 0.1) is 18.6 Å². The van der Waals surface area contributed by atoms with Crippen molar-refractivity contribution in [3.63, 3.8) is 0 Å². The molecule has 6 heteroatoms. The van der Waals surface area contributed by atoms with Gasteiger partial charge in [0.05, 0.1) is 0 Å². The van der Waals surface area contributed by atoms with Crippen molar-refractivity contribution < 1.29 is 13.6 Å². The Morgan fingerprint density at radius 1 is 0.921 bits per heavy atom. The van der Waals surface area contributed by atoms with E-state index in [9.17, 15) is 13.6 Å². The molecule has 3 aromatic carbocycles. The molecule has 2 amide bonds. The predicted molar refractivity (Wildman–Crippen MR) is 151 cm³/mol. The van der Waals surface area contributed by atoms with Crippen LogP contribution in [0.3, 0.4) is 0 Å². The lowest BCUT2D eigenvalue weighted by Crippen LogP contribution is -2.51. The second-order valence-corrected chi connectivity index (χ2v) is 10.3. The van der Waals surface area contributed by atoms with Crippen LogP contribution in [-0.4, -0.2) is 43.2 Å². The van der Waals surface area contributed by atoms with Crippen LogP contribution in [-0.2, 0) is 0 Å². The summed E-state index contributed by atoms with van der Waals surface area (Å²) in [4.78, 5) is 17.5. The van der Waals surface area contributed by atoms with Crippen molar-refractivity contribution in [2.45, 2.75) is 57.9 Å². The lowest BCUT2D eigenvalue weighted by atomic mass is 9.87. The Morgan fingerprint density at radius 3 is 2.00 bits per heavy atom. The van der Waals surface area contributed by atoms with E-state index in [4.69, 9.17) is 0 Å². The molecule has 1 aliphatic heterocycles. The van der Waals surface area contributed by atoms with E-state index in [1.54, 1.807) is 0 Å². The van der Waals surface area contributed by atoms with Gasteiger partial charge in [-0.25, -0.2) is 13.6 Å². The lowest BCUT2D eigenvalue weighted by molar-refractivity contribution is 0.200. The van der Waals surface area contributed by atoms with Crippen LogP contribution in [0.5, 0.6) is 0 Å². The van der Waals surface area contributed by atoms with E-state index < -0.39 is 0 Å². The van der Waals surface area contributed by atoms with Crippen molar-refractivity contribution in [1.29, 1.82) is 0 Å². The number of halogens is 2. The van der Waals surface area contributed by atoms with Crippen molar-refractivity contribution in [2.24, 2.45) is 0 Å². The minimum Gasteiger partial charge on any atom is -0.338 e. The SMILES string of the molecule is CCCNC(=O)N(c1ccc(C)cc1)C1CCN(CCCC(c2ccc(F)cc2)c2ccc(F)cc2)CC1. The number of nitrogens with one attached hydrogen (secondary N) is 1. The molecule has 0 unspecified atom stereocenters. The highest BCUT2D eigenvalue weighted by Gasteiger charge is 2.29. The summed E-state index contributed by atoms with van der Waals surface area (Å²) < 4.78 is 27.1. The number of amides is 2. The lowest BCUT2D eigenvalue weighted by Gasteiger charge is -2.38. The van der Waals surface area contributed by atoms with Gasteiger partial charge >= 0.3 is 6.03 Å². The number of piperidine rings is 1. The summed E-state index contributed by atoms with van der Waals surface area (Å²) in [5.74, 6) is -0.414. The Bertz CT molecular complexity index is 1100. The molecule has 38 heavy (non-hydrogen) atoms. The monoisotopic (exact) mass is 519 g/mol. The first-order valence-electron chi connectivity index (χ1n) is 13.8. The molecular weight excluding hydrogens is 480 g/mol. The molecule has 0 bridgehead atoms. The average molecular weight is 520 g/mol. The van der Waals surface area contributed by atoms with E-state index >= 15 is 0 Å². The summed E-state index contributed by atoms with van der Waals surface area (Å²) in [5, 5.41) is 3.07. The second kappa shape index (κ2) is 13.5. The Hall–Kier alpha value is -3.25. The summed E-state index contributed by atoms with van der Waals surface area (Å²) in [6, 6.07) is 21.6. The van der Waals surface area contributed by atoms with Gasteiger partial charge in [-0.1, -0.05) is 48.9 Å². The summed E-state index contributed by atoms with van der Waals surface area (Å²) in [7, 11) is 0. The maximum absolute atomic E-state index is 13.5. The van der Waals surface area contributed by atoms with Gasteiger partial charge in [0.1, 0.15) is 11.6 Å². The number of hydrogen-bond acceptors (Lipinski definition) is 2. The van der Waals surface area contributed by atoms with Crippen LogP contribution in [0.15, 0.2) is 72.8 Å². The highest BCUT2D eigenvalue weighted by molar-refractivity contribution is 5.92. The van der Waals surface area contributed by atoms with Crippen LogP contribution < -0.4 is 10.2 Å². The summed E-state index contributed by atoms with van der Waals surface area (Å²) in [6.07, 6.45) is 4.62. The van der Waals surface area contributed by atoms with E-state index in [0.29, 0.717) is 6.54 Å². The maximum atomic E-state index is 13.5. The number of urea groups is 1. The van der Waals surface area contributed by atoms with Gasteiger partial charge in [-0.2, -0.15) is 0 Å². The zero-order valence-electron chi connectivity index (χ0n) is 22.5. The zero-order chi connectivity index (χ0) is 26.9. The third-order valence-corrected chi connectivity index (χ3v) is 7.49. The quantitative estimate of drug-likeness (QED) is 0.306. The highest BCUT2D eigenvalue weighted by Crippen LogP contribution is 2.30. The average Bonchev–Trinajstić information content (AvgIpc) is 2.93. The topological polar surface area (TPSA) is 35.6 Å². The van der Waals surface area contributed by atoms with Gasteiger partial charge in [0.25, 0.3) is 0 Å². The Labute approximate surface area is 225 Å². The minimum absolute atomic E-state index is 0.0180. The molecule has 202 valence electrons. The number of rotatable bonds is 10. The summed E-state index contributed by atoms with van der Waals surface area (Å²) in [6.45, 7) is 7.62. The second-order valence-electron chi connectivity index (χ2n) is 10.3. The number of hydrogen-bond donors (Lipinski definition) is 1. The number of likely N-dealkylation sites (tertiary alicyclic amines) is 1. The largest absolute Gasteiger partial charge is 0.338 e. The molecule has 1 N–H and O–H groups in total. The van der Waals surface area contributed by atoms with E-state index in [1.165, 1.54) is 29.8 Å². The van der Waals surface area contributed by atoms with E-state index in [-0.39, 0.29) is 29.6 Å². The van der Waals surface area contributed by atoms with Gasteiger partial charge in [0, 0.05) is 37.3 Å². The highest BCUT2D eigenvalue weighted by atomic mass is 19.1. The van der Waals surface area contributed by atoms with Crippen LogP contribution >= 0.6 is 0 Å². The normalized spacial score (nSPS) is 14.6. The van der Waals surface area contributed by atoms with Gasteiger partial charge in [0.15, 0.2) is 0 Å². The van der Waals surface area contributed by atoms with Gasteiger partial charge in [-0.05, 0) is 93.1 Å². The number of carbonyl (C=O) groups is 1.